The lowest BCUT2D eigenvalue weighted by molar-refractivity contribution is 0.317. The Morgan fingerprint density at radius 1 is 1.35 bits per heavy atom. The van der Waals surface area contributed by atoms with Gasteiger partial charge >= 0.3 is 0 Å². The maximum atomic E-state index is 5.60. The van der Waals surface area contributed by atoms with E-state index in [1.165, 1.54) is 5.56 Å². The molecule has 0 bridgehead atoms. The van der Waals surface area contributed by atoms with Gasteiger partial charge in [0, 0.05) is 6.54 Å². The van der Waals surface area contributed by atoms with Gasteiger partial charge in [-0.25, -0.2) is 0 Å². The van der Waals surface area contributed by atoms with E-state index >= 15 is 0 Å². The molecular weight excluding hydrogens is 210 g/mol. The molecule has 0 aliphatic heterocycles. The van der Waals surface area contributed by atoms with Crippen LogP contribution in [0.4, 0.5) is 0 Å². The zero-order valence-electron chi connectivity index (χ0n) is 10.9. The second kappa shape index (κ2) is 8.82. The summed E-state index contributed by atoms with van der Waals surface area (Å²) in [5, 5.41) is 3.41. The highest BCUT2D eigenvalue weighted by Gasteiger charge is 1.96. The quantitative estimate of drug-likeness (QED) is 0.548. The third-order valence-corrected chi connectivity index (χ3v) is 2.42. The molecule has 0 amide bonds. The van der Waals surface area contributed by atoms with Gasteiger partial charge in [-0.05, 0) is 44.0 Å². The molecule has 0 unspecified atom stereocenters. The normalized spacial score (nSPS) is 10.9. The van der Waals surface area contributed by atoms with E-state index in [0.29, 0.717) is 0 Å². The predicted molar refractivity (Wildman–Crippen MR) is 73.4 cm³/mol. The summed E-state index contributed by atoms with van der Waals surface area (Å²) < 4.78 is 5.60. The van der Waals surface area contributed by atoms with Crippen LogP contribution in [0.15, 0.2) is 36.4 Å². The lowest BCUT2D eigenvalue weighted by Crippen LogP contribution is -2.14. The topological polar surface area (TPSA) is 21.3 Å². The molecule has 1 aromatic rings. The number of allylic oxidation sites excluding steroid dienone is 1. The van der Waals surface area contributed by atoms with E-state index in [1.54, 1.807) is 0 Å². The van der Waals surface area contributed by atoms with Crippen LogP contribution >= 0.6 is 0 Å². The summed E-state index contributed by atoms with van der Waals surface area (Å²) in [4.78, 5) is 0. The third kappa shape index (κ3) is 6.12. The van der Waals surface area contributed by atoms with E-state index in [-0.39, 0.29) is 0 Å². The zero-order chi connectivity index (χ0) is 12.3. The molecule has 0 saturated heterocycles. The first-order chi connectivity index (χ1) is 8.36. The molecule has 0 aliphatic carbocycles. The number of rotatable bonds is 8. The molecule has 0 aromatic heterocycles. The fourth-order valence-corrected chi connectivity index (χ4v) is 1.55. The van der Waals surface area contributed by atoms with E-state index in [2.05, 4.69) is 43.4 Å². The van der Waals surface area contributed by atoms with Gasteiger partial charge in [-0.2, -0.15) is 0 Å². The SMILES string of the molecule is C/C=C/CCNCc1cccc(OCCC)c1. The average Bonchev–Trinajstić information content (AvgIpc) is 2.37. The van der Waals surface area contributed by atoms with Gasteiger partial charge in [-0.3, -0.25) is 0 Å². The van der Waals surface area contributed by atoms with E-state index in [9.17, 15) is 0 Å². The van der Waals surface area contributed by atoms with Crippen LogP contribution < -0.4 is 10.1 Å². The minimum atomic E-state index is 0.790. The highest BCUT2D eigenvalue weighted by atomic mass is 16.5. The molecule has 94 valence electrons. The molecular formula is C15H23NO. The predicted octanol–water partition coefficient (Wildman–Crippen LogP) is 3.53. The van der Waals surface area contributed by atoms with Crippen LogP contribution in [-0.4, -0.2) is 13.2 Å². The van der Waals surface area contributed by atoms with Crippen LogP contribution in [0.1, 0.15) is 32.3 Å². The summed E-state index contributed by atoms with van der Waals surface area (Å²) in [5.41, 5.74) is 1.28. The van der Waals surface area contributed by atoms with Crippen molar-refractivity contribution in [3.05, 3.63) is 42.0 Å². The summed E-state index contributed by atoms with van der Waals surface area (Å²) in [7, 11) is 0. The van der Waals surface area contributed by atoms with Gasteiger partial charge < -0.3 is 10.1 Å². The van der Waals surface area contributed by atoms with Crippen molar-refractivity contribution in [2.75, 3.05) is 13.2 Å². The van der Waals surface area contributed by atoms with Crippen molar-refractivity contribution in [1.82, 2.24) is 5.32 Å². The summed E-state index contributed by atoms with van der Waals surface area (Å²) >= 11 is 0. The van der Waals surface area contributed by atoms with E-state index < -0.39 is 0 Å². The monoisotopic (exact) mass is 233 g/mol. The van der Waals surface area contributed by atoms with Gasteiger partial charge in [0.1, 0.15) is 5.75 Å². The highest BCUT2D eigenvalue weighted by Crippen LogP contribution is 2.13. The number of hydrogen-bond acceptors (Lipinski definition) is 2. The Morgan fingerprint density at radius 3 is 3.00 bits per heavy atom. The smallest absolute Gasteiger partial charge is 0.119 e. The first-order valence-corrected chi connectivity index (χ1v) is 6.40. The Morgan fingerprint density at radius 2 is 2.24 bits per heavy atom. The molecule has 1 rings (SSSR count). The van der Waals surface area contributed by atoms with Crippen LogP contribution in [-0.2, 0) is 6.54 Å². The van der Waals surface area contributed by atoms with Crippen molar-refractivity contribution in [1.29, 1.82) is 0 Å². The van der Waals surface area contributed by atoms with Crippen LogP contribution in [0.3, 0.4) is 0 Å². The molecule has 0 saturated carbocycles. The van der Waals surface area contributed by atoms with Crippen molar-refractivity contribution in [3.63, 3.8) is 0 Å². The third-order valence-electron chi connectivity index (χ3n) is 2.42. The van der Waals surface area contributed by atoms with Gasteiger partial charge in [-0.1, -0.05) is 31.2 Å². The Kier molecular flexibility index (Phi) is 7.15. The zero-order valence-corrected chi connectivity index (χ0v) is 10.9. The molecule has 0 fully saturated rings. The first kappa shape index (κ1) is 13.8. The van der Waals surface area contributed by atoms with Crippen molar-refractivity contribution in [3.8, 4) is 5.75 Å². The van der Waals surface area contributed by atoms with Crippen molar-refractivity contribution >= 4 is 0 Å². The Labute approximate surface area is 105 Å². The maximum Gasteiger partial charge on any atom is 0.119 e. The van der Waals surface area contributed by atoms with Crippen molar-refractivity contribution in [2.24, 2.45) is 0 Å². The van der Waals surface area contributed by atoms with Crippen LogP contribution in [0.25, 0.3) is 0 Å². The first-order valence-electron chi connectivity index (χ1n) is 6.40. The summed E-state index contributed by atoms with van der Waals surface area (Å²) in [6, 6.07) is 8.30. The molecule has 0 spiro atoms. The molecule has 1 aromatic carbocycles. The second-order valence-corrected chi connectivity index (χ2v) is 4.03. The molecule has 2 heteroatoms. The summed E-state index contributed by atoms with van der Waals surface area (Å²) in [5.74, 6) is 0.972. The molecule has 0 heterocycles. The van der Waals surface area contributed by atoms with Crippen LogP contribution in [0.5, 0.6) is 5.75 Å². The standard InChI is InChI=1S/C15H23NO/c1-3-5-6-10-16-13-14-8-7-9-15(12-14)17-11-4-2/h3,5,7-9,12,16H,4,6,10-11,13H2,1-2H3/b5-3+. The molecule has 0 radical (unpaired) electrons. The van der Waals surface area contributed by atoms with E-state index in [1.807, 2.05) is 12.1 Å². The molecule has 17 heavy (non-hydrogen) atoms. The Hall–Kier alpha value is -1.28. The molecule has 2 nitrogen and oxygen atoms in total. The number of nitrogens with one attached hydrogen (secondary N) is 1. The maximum absolute atomic E-state index is 5.60. The fraction of sp³-hybridized carbons (Fsp3) is 0.467. The molecule has 0 atom stereocenters. The van der Waals surface area contributed by atoms with E-state index in [4.69, 9.17) is 4.74 Å². The summed E-state index contributed by atoms with van der Waals surface area (Å²) in [6.07, 6.45) is 6.39. The fourth-order valence-electron chi connectivity index (χ4n) is 1.55. The van der Waals surface area contributed by atoms with Crippen molar-refractivity contribution in [2.45, 2.75) is 33.2 Å². The van der Waals surface area contributed by atoms with Gasteiger partial charge in [-0.15, -0.1) is 0 Å². The van der Waals surface area contributed by atoms with Crippen LogP contribution in [0, 0.1) is 0 Å². The minimum absolute atomic E-state index is 0.790. The molecule has 1 N–H and O–H groups in total. The lowest BCUT2D eigenvalue weighted by Gasteiger charge is -2.07. The lowest BCUT2D eigenvalue weighted by atomic mass is 10.2. The van der Waals surface area contributed by atoms with Gasteiger partial charge in [0.25, 0.3) is 0 Å². The second-order valence-electron chi connectivity index (χ2n) is 4.03. The largest absolute Gasteiger partial charge is 0.494 e. The number of benzene rings is 1. The number of ether oxygens (including phenoxy) is 1. The van der Waals surface area contributed by atoms with E-state index in [0.717, 1.165) is 38.3 Å². The van der Waals surface area contributed by atoms with Gasteiger partial charge in [0.15, 0.2) is 0 Å². The van der Waals surface area contributed by atoms with Gasteiger partial charge in [0.2, 0.25) is 0 Å². The average molecular weight is 233 g/mol. The Bertz CT molecular complexity index is 333. The summed E-state index contributed by atoms with van der Waals surface area (Å²) in [6.45, 7) is 6.88. The van der Waals surface area contributed by atoms with Gasteiger partial charge in [0.05, 0.1) is 6.61 Å². The Balaban J connectivity index is 2.32. The van der Waals surface area contributed by atoms with Crippen molar-refractivity contribution < 1.29 is 4.74 Å². The van der Waals surface area contributed by atoms with Crippen LogP contribution in [0.2, 0.25) is 0 Å². The number of hydrogen-bond donors (Lipinski definition) is 1. The minimum Gasteiger partial charge on any atom is -0.494 e. The highest BCUT2D eigenvalue weighted by molar-refractivity contribution is 5.28. The molecule has 0 aliphatic rings.